The van der Waals surface area contributed by atoms with Crippen molar-refractivity contribution >= 4 is 12.1 Å². The minimum atomic E-state index is -1.22. The Morgan fingerprint density at radius 3 is 2.05 bits per heavy atom. The molecule has 0 saturated heterocycles. The van der Waals surface area contributed by atoms with Gasteiger partial charge in [0.05, 0.1) is 0 Å². The van der Waals surface area contributed by atoms with E-state index >= 15 is 0 Å². The normalized spacial score (nSPS) is 12.9. The lowest BCUT2D eigenvalue weighted by Crippen LogP contribution is -2.42. The Morgan fingerprint density at radius 1 is 0.838 bits per heavy atom. The van der Waals surface area contributed by atoms with E-state index in [-0.39, 0.29) is 24.5 Å². The molecule has 0 saturated carbocycles. The van der Waals surface area contributed by atoms with E-state index in [1.54, 1.807) is 24.3 Å². The van der Waals surface area contributed by atoms with Gasteiger partial charge in [-0.05, 0) is 45.5 Å². The van der Waals surface area contributed by atoms with Gasteiger partial charge in [-0.3, -0.25) is 0 Å². The molecule has 0 aliphatic heterocycles. The smallest absolute Gasteiger partial charge is 0.407 e. The van der Waals surface area contributed by atoms with E-state index in [0.29, 0.717) is 11.1 Å². The number of amides is 1. The van der Waals surface area contributed by atoms with E-state index in [4.69, 9.17) is 4.74 Å². The third-order valence-electron chi connectivity index (χ3n) is 6.57. The van der Waals surface area contributed by atoms with E-state index in [9.17, 15) is 23.5 Å². The van der Waals surface area contributed by atoms with Crippen LogP contribution in [0.4, 0.5) is 13.6 Å². The van der Waals surface area contributed by atoms with Crippen molar-refractivity contribution in [2.45, 2.75) is 18.4 Å². The van der Waals surface area contributed by atoms with Crippen molar-refractivity contribution < 1.29 is 28.2 Å². The molecule has 1 aliphatic carbocycles. The minimum absolute atomic E-state index is 0.00566. The number of rotatable bonds is 7. The monoisotopic (exact) mass is 499 g/mol. The molecule has 37 heavy (non-hydrogen) atoms. The number of benzene rings is 4. The van der Waals surface area contributed by atoms with Crippen LogP contribution in [0.2, 0.25) is 0 Å². The molecular formula is C30H23F2NO4. The lowest BCUT2D eigenvalue weighted by molar-refractivity contribution is -0.139. The Labute approximate surface area is 212 Å². The molecule has 4 aromatic carbocycles. The van der Waals surface area contributed by atoms with Gasteiger partial charge in [0.2, 0.25) is 0 Å². The van der Waals surface area contributed by atoms with Crippen LogP contribution in [0.25, 0.3) is 22.3 Å². The first-order valence-corrected chi connectivity index (χ1v) is 11.8. The largest absolute Gasteiger partial charge is 0.480 e. The second-order valence-electron chi connectivity index (χ2n) is 8.89. The standard InChI is InChI=1S/C30H23F2NO4/c31-20-13-14-21(27(32)16-20)19-11-9-18(10-12-19)15-28(29(34)35)33-30(36)37-17-26-24-7-3-1-5-22(24)23-6-2-4-8-25(23)26/h1-14,16,26,28H,15,17H2,(H,33,36)(H,34,35). The molecule has 186 valence electrons. The number of carbonyl (C=O) groups excluding carboxylic acids is 1. The first-order valence-electron chi connectivity index (χ1n) is 11.8. The third-order valence-corrected chi connectivity index (χ3v) is 6.57. The van der Waals surface area contributed by atoms with Crippen LogP contribution in [0.3, 0.4) is 0 Å². The van der Waals surface area contributed by atoms with E-state index < -0.39 is 29.7 Å². The van der Waals surface area contributed by atoms with Crippen LogP contribution >= 0.6 is 0 Å². The summed E-state index contributed by atoms with van der Waals surface area (Å²) in [5.74, 6) is -2.70. The molecule has 5 rings (SSSR count). The molecule has 1 amide bonds. The molecule has 0 aromatic heterocycles. The molecule has 0 bridgehead atoms. The molecule has 1 atom stereocenters. The summed E-state index contributed by atoms with van der Waals surface area (Å²) in [5, 5.41) is 12.1. The van der Waals surface area contributed by atoms with Gasteiger partial charge in [-0.25, -0.2) is 18.4 Å². The fourth-order valence-electron chi connectivity index (χ4n) is 4.76. The second kappa shape index (κ2) is 10.2. The Kier molecular flexibility index (Phi) is 6.68. The number of halogens is 2. The lowest BCUT2D eigenvalue weighted by atomic mass is 9.98. The van der Waals surface area contributed by atoms with Gasteiger partial charge in [0.1, 0.15) is 24.3 Å². The number of fused-ring (bicyclic) bond motifs is 3. The summed E-state index contributed by atoms with van der Waals surface area (Å²) in [6, 6.07) is 24.5. The average molecular weight is 500 g/mol. The third kappa shape index (κ3) is 5.07. The molecule has 2 N–H and O–H groups in total. The highest BCUT2D eigenvalue weighted by atomic mass is 19.1. The van der Waals surface area contributed by atoms with Gasteiger partial charge in [-0.15, -0.1) is 0 Å². The predicted molar refractivity (Wildman–Crippen MR) is 135 cm³/mol. The van der Waals surface area contributed by atoms with Crippen LogP contribution in [0.5, 0.6) is 0 Å². The fourth-order valence-corrected chi connectivity index (χ4v) is 4.76. The van der Waals surface area contributed by atoms with Gasteiger partial charge in [0.25, 0.3) is 0 Å². The summed E-state index contributed by atoms with van der Waals surface area (Å²) >= 11 is 0. The molecule has 5 nitrogen and oxygen atoms in total. The second-order valence-corrected chi connectivity index (χ2v) is 8.89. The number of hydrogen-bond acceptors (Lipinski definition) is 3. The molecule has 0 heterocycles. The van der Waals surface area contributed by atoms with Gasteiger partial charge in [-0.2, -0.15) is 0 Å². The topological polar surface area (TPSA) is 75.6 Å². The zero-order valence-corrected chi connectivity index (χ0v) is 19.7. The molecule has 0 radical (unpaired) electrons. The summed E-state index contributed by atoms with van der Waals surface area (Å²) in [6.45, 7) is 0.0735. The predicted octanol–water partition coefficient (Wildman–Crippen LogP) is 6.17. The first-order chi connectivity index (χ1) is 17.9. The average Bonchev–Trinajstić information content (AvgIpc) is 3.21. The zero-order valence-electron chi connectivity index (χ0n) is 19.7. The van der Waals surface area contributed by atoms with E-state index in [1.165, 1.54) is 12.1 Å². The van der Waals surface area contributed by atoms with Crippen molar-refractivity contribution in [3.8, 4) is 22.3 Å². The molecule has 0 spiro atoms. The van der Waals surface area contributed by atoms with Gasteiger partial charge in [0, 0.05) is 24.0 Å². The van der Waals surface area contributed by atoms with Gasteiger partial charge in [0.15, 0.2) is 0 Å². The molecule has 7 heteroatoms. The van der Waals surface area contributed by atoms with Gasteiger partial charge in [-0.1, -0.05) is 72.8 Å². The summed E-state index contributed by atoms with van der Waals surface area (Å²) in [7, 11) is 0. The molecule has 1 aliphatic rings. The van der Waals surface area contributed by atoms with Crippen LogP contribution < -0.4 is 5.32 Å². The Hall–Kier alpha value is -4.52. The van der Waals surface area contributed by atoms with Crippen LogP contribution in [0.15, 0.2) is 91.0 Å². The highest BCUT2D eigenvalue weighted by molar-refractivity contribution is 5.81. The van der Waals surface area contributed by atoms with Crippen LogP contribution in [0.1, 0.15) is 22.6 Å². The fraction of sp³-hybridized carbons (Fsp3) is 0.133. The van der Waals surface area contributed by atoms with Crippen molar-refractivity contribution in [1.82, 2.24) is 5.32 Å². The molecule has 0 fully saturated rings. The summed E-state index contributed by atoms with van der Waals surface area (Å²) in [5.41, 5.74) is 5.70. The number of ether oxygens (including phenoxy) is 1. The maximum absolute atomic E-state index is 14.1. The van der Waals surface area contributed by atoms with Gasteiger partial charge < -0.3 is 15.2 Å². The number of aliphatic carboxylic acids is 1. The van der Waals surface area contributed by atoms with E-state index in [0.717, 1.165) is 28.3 Å². The van der Waals surface area contributed by atoms with Crippen molar-refractivity contribution in [3.63, 3.8) is 0 Å². The first kappa shape index (κ1) is 24.2. The number of nitrogens with one attached hydrogen (secondary N) is 1. The Bertz CT molecular complexity index is 1420. The zero-order chi connectivity index (χ0) is 25.9. The summed E-state index contributed by atoms with van der Waals surface area (Å²) in [4.78, 5) is 24.4. The van der Waals surface area contributed by atoms with Crippen molar-refractivity contribution in [2.24, 2.45) is 0 Å². The minimum Gasteiger partial charge on any atom is -0.480 e. The number of alkyl carbamates (subject to hydrolysis) is 1. The van der Waals surface area contributed by atoms with Crippen LogP contribution in [-0.4, -0.2) is 29.8 Å². The number of hydrogen-bond donors (Lipinski definition) is 2. The molecule has 1 unspecified atom stereocenters. The summed E-state index contributed by atoms with van der Waals surface area (Å²) < 4.78 is 32.7. The Balaban J connectivity index is 1.23. The van der Waals surface area contributed by atoms with E-state index in [1.807, 2.05) is 48.5 Å². The van der Waals surface area contributed by atoms with Crippen molar-refractivity contribution in [1.29, 1.82) is 0 Å². The maximum atomic E-state index is 14.1. The number of carbonyl (C=O) groups is 2. The molecule has 4 aromatic rings. The number of carboxylic acids is 1. The Morgan fingerprint density at radius 2 is 1.46 bits per heavy atom. The SMILES string of the molecule is O=C(NC(Cc1ccc(-c2ccc(F)cc2F)cc1)C(=O)O)OCC1c2ccccc2-c2ccccc21. The lowest BCUT2D eigenvalue weighted by Gasteiger charge is -2.17. The van der Waals surface area contributed by atoms with Crippen LogP contribution in [-0.2, 0) is 16.0 Å². The summed E-state index contributed by atoms with van der Waals surface area (Å²) in [6.07, 6.45) is -0.814. The molecular weight excluding hydrogens is 476 g/mol. The highest BCUT2D eigenvalue weighted by Crippen LogP contribution is 2.44. The number of carboxylic acid groups (broad SMARTS) is 1. The van der Waals surface area contributed by atoms with E-state index in [2.05, 4.69) is 5.32 Å². The van der Waals surface area contributed by atoms with Crippen LogP contribution in [0, 0.1) is 11.6 Å². The quantitative estimate of drug-likeness (QED) is 0.319. The maximum Gasteiger partial charge on any atom is 0.407 e. The van der Waals surface area contributed by atoms with Crippen molar-refractivity contribution in [3.05, 3.63) is 119 Å². The highest BCUT2D eigenvalue weighted by Gasteiger charge is 2.29. The van der Waals surface area contributed by atoms with Crippen molar-refractivity contribution in [2.75, 3.05) is 6.61 Å². The van der Waals surface area contributed by atoms with Gasteiger partial charge >= 0.3 is 12.1 Å².